The van der Waals surface area contributed by atoms with Crippen LogP contribution in [0.25, 0.3) is 0 Å². The van der Waals surface area contributed by atoms with Crippen molar-refractivity contribution in [1.29, 1.82) is 0 Å². The molecule has 1 aliphatic rings. The van der Waals surface area contributed by atoms with E-state index in [2.05, 4.69) is 10.6 Å². The lowest BCUT2D eigenvalue weighted by Crippen LogP contribution is -2.59. The summed E-state index contributed by atoms with van der Waals surface area (Å²) in [7, 11) is 0. The molecule has 10 nitrogen and oxygen atoms in total. The van der Waals surface area contributed by atoms with Crippen LogP contribution < -0.4 is 16.4 Å². The molecule has 3 amide bonds. The summed E-state index contributed by atoms with van der Waals surface area (Å²) in [4.78, 5) is 48.2. The maximum Gasteiger partial charge on any atom is 0.302 e. The van der Waals surface area contributed by atoms with Gasteiger partial charge in [-0.3, -0.25) is 19.2 Å². The van der Waals surface area contributed by atoms with Crippen molar-refractivity contribution in [2.24, 2.45) is 23.5 Å². The van der Waals surface area contributed by atoms with Crippen molar-refractivity contribution < 1.29 is 33.4 Å². The number of ether oxygens (including phenoxy) is 3. The van der Waals surface area contributed by atoms with Gasteiger partial charge in [0.15, 0.2) is 6.29 Å². The van der Waals surface area contributed by atoms with Gasteiger partial charge in [0.1, 0.15) is 12.6 Å². The SMILES string of the molecule is CCC(=O)N[C@@H]1C(OC[C@H](C)C(=O)N[C@@H](Cc2ccccc2)C(N)=O)OC(COC(C)=O)[C@@H](C)[C@@H]1C. The summed E-state index contributed by atoms with van der Waals surface area (Å²) in [5, 5.41) is 5.65. The zero-order chi connectivity index (χ0) is 26.8. The van der Waals surface area contributed by atoms with Gasteiger partial charge in [0.2, 0.25) is 17.7 Å². The highest BCUT2D eigenvalue weighted by molar-refractivity contribution is 5.87. The Hall–Kier alpha value is -2.98. The summed E-state index contributed by atoms with van der Waals surface area (Å²) in [6.45, 7) is 8.73. The van der Waals surface area contributed by atoms with Gasteiger partial charge in [0, 0.05) is 19.8 Å². The molecular weight excluding hydrogens is 466 g/mol. The van der Waals surface area contributed by atoms with Crippen LogP contribution in [0.3, 0.4) is 0 Å². The Bertz CT molecular complexity index is 895. The maximum absolute atomic E-state index is 12.8. The molecule has 0 saturated carbocycles. The minimum Gasteiger partial charge on any atom is -0.463 e. The number of nitrogens with one attached hydrogen (secondary N) is 2. The average Bonchev–Trinajstić information content (AvgIpc) is 2.85. The fourth-order valence-electron chi connectivity index (χ4n) is 4.02. The molecule has 2 unspecified atom stereocenters. The molecule has 0 bridgehead atoms. The molecule has 0 radical (unpaired) electrons. The van der Waals surface area contributed by atoms with E-state index in [9.17, 15) is 19.2 Å². The Balaban J connectivity index is 2.04. The molecule has 7 atom stereocenters. The molecule has 0 aliphatic carbocycles. The van der Waals surface area contributed by atoms with E-state index in [0.717, 1.165) is 5.56 Å². The van der Waals surface area contributed by atoms with Crippen molar-refractivity contribution in [2.45, 2.75) is 71.9 Å². The predicted octanol–water partition coefficient (Wildman–Crippen LogP) is 1.31. The Kier molecular flexibility index (Phi) is 11.3. The minimum absolute atomic E-state index is 0.0206. The first-order valence-electron chi connectivity index (χ1n) is 12.4. The second-order valence-corrected chi connectivity index (χ2v) is 9.40. The van der Waals surface area contributed by atoms with Crippen LogP contribution in [0, 0.1) is 17.8 Å². The zero-order valence-corrected chi connectivity index (χ0v) is 21.7. The third-order valence-electron chi connectivity index (χ3n) is 6.58. The highest BCUT2D eigenvalue weighted by Crippen LogP contribution is 2.32. The van der Waals surface area contributed by atoms with Crippen molar-refractivity contribution in [2.75, 3.05) is 13.2 Å². The second kappa shape index (κ2) is 13.9. The van der Waals surface area contributed by atoms with Crippen LogP contribution in [0.2, 0.25) is 0 Å². The number of esters is 1. The number of nitrogens with two attached hydrogens (primary N) is 1. The number of amides is 3. The van der Waals surface area contributed by atoms with Crippen molar-refractivity contribution in [1.82, 2.24) is 10.6 Å². The van der Waals surface area contributed by atoms with E-state index < -0.39 is 48.2 Å². The van der Waals surface area contributed by atoms with Gasteiger partial charge in [-0.15, -0.1) is 0 Å². The summed E-state index contributed by atoms with van der Waals surface area (Å²) in [5.41, 5.74) is 6.39. The first-order chi connectivity index (χ1) is 17.0. The van der Waals surface area contributed by atoms with Gasteiger partial charge >= 0.3 is 5.97 Å². The smallest absolute Gasteiger partial charge is 0.302 e. The zero-order valence-electron chi connectivity index (χ0n) is 21.7. The fraction of sp³-hybridized carbons (Fsp3) is 0.615. The molecule has 1 aliphatic heterocycles. The van der Waals surface area contributed by atoms with Crippen LogP contribution in [0.4, 0.5) is 0 Å². The average molecular weight is 506 g/mol. The largest absolute Gasteiger partial charge is 0.463 e. The van der Waals surface area contributed by atoms with Crippen molar-refractivity contribution in [3.8, 4) is 0 Å². The van der Waals surface area contributed by atoms with Crippen LogP contribution in [-0.4, -0.2) is 61.4 Å². The van der Waals surface area contributed by atoms with E-state index in [-0.39, 0.29) is 37.4 Å². The summed E-state index contributed by atoms with van der Waals surface area (Å²) in [6.07, 6.45) is -0.702. The van der Waals surface area contributed by atoms with Crippen molar-refractivity contribution in [3.63, 3.8) is 0 Å². The van der Waals surface area contributed by atoms with E-state index in [1.807, 2.05) is 44.2 Å². The van der Waals surface area contributed by atoms with Gasteiger partial charge in [0.05, 0.1) is 24.7 Å². The Morgan fingerprint density at radius 3 is 2.36 bits per heavy atom. The highest BCUT2D eigenvalue weighted by Gasteiger charge is 2.43. The Morgan fingerprint density at radius 2 is 1.78 bits per heavy atom. The molecule has 10 heteroatoms. The first-order valence-corrected chi connectivity index (χ1v) is 12.4. The van der Waals surface area contributed by atoms with Crippen LogP contribution in [-0.2, 0) is 39.8 Å². The quantitative estimate of drug-likeness (QED) is 0.363. The van der Waals surface area contributed by atoms with Crippen LogP contribution in [0.15, 0.2) is 30.3 Å². The number of carbonyl (C=O) groups is 4. The molecule has 4 N–H and O–H groups in total. The summed E-state index contributed by atoms with van der Waals surface area (Å²) in [6, 6.07) is 7.96. The summed E-state index contributed by atoms with van der Waals surface area (Å²) >= 11 is 0. The molecule has 0 aromatic heterocycles. The molecule has 1 fully saturated rings. The normalized spacial score (nSPS) is 25.3. The summed E-state index contributed by atoms with van der Waals surface area (Å²) < 4.78 is 17.2. The minimum atomic E-state index is -0.862. The van der Waals surface area contributed by atoms with Gasteiger partial charge in [-0.2, -0.15) is 0 Å². The molecule has 2 rings (SSSR count). The van der Waals surface area contributed by atoms with E-state index in [1.54, 1.807) is 13.8 Å². The first kappa shape index (κ1) is 29.3. The van der Waals surface area contributed by atoms with E-state index in [1.165, 1.54) is 6.92 Å². The Morgan fingerprint density at radius 1 is 1.11 bits per heavy atom. The predicted molar refractivity (Wildman–Crippen MR) is 132 cm³/mol. The standard InChI is InChI=1S/C26H39N3O7/c1-6-22(31)29-23-17(4)16(3)21(14-34-18(5)30)36-26(23)35-13-15(2)25(33)28-20(24(27)32)12-19-10-8-7-9-11-19/h7-11,15-17,20-21,23,26H,6,12-14H2,1-5H3,(H2,27,32)(H,28,33)(H,29,31)/t15-,16-,17-,20-,21?,23-,26?/m0/s1. The Labute approximate surface area is 212 Å². The lowest BCUT2D eigenvalue weighted by Gasteiger charge is -2.44. The van der Waals surface area contributed by atoms with Gasteiger partial charge in [-0.25, -0.2) is 0 Å². The van der Waals surface area contributed by atoms with Gasteiger partial charge < -0.3 is 30.6 Å². The third kappa shape index (κ3) is 8.60. The number of hydrogen-bond acceptors (Lipinski definition) is 7. The fourth-order valence-corrected chi connectivity index (χ4v) is 4.02. The molecule has 1 aromatic carbocycles. The maximum atomic E-state index is 12.8. The van der Waals surface area contributed by atoms with Crippen LogP contribution in [0.1, 0.15) is 46.6 Å². The number of rotatable bonds is 12. The van der Waals surface area contributed by atoms with E-state index in [0.29, 0.717) is 6.42 Å². The van der Waals surface area contributed by atoms with E-state index >= 15 is 0 Å². The lowest BCUT2D eigenvalue weighted by atomic mass is 9.82. The number of hydrogen-bond donors (Lipinski definition) is 3. The molecule has 1 aromatic rings. The van der Waals surface area contributed by atoms with Crippen molar-refractivity contribution in [3.05, 3.63) is 35.9 Å². The lowest BCUT2D eigenvalue weighted by molar-refractivity contribution is -0.246. The monoisotopic (exact) mass is 505 g/mol. The molecule has 1 heterocycles. The number of primary amides is 1. The number of carbonyl (C=O) groups excluding carboxylic acids is 4. The number of benzene rings is 1. The highest BCUT2D eigenvalue weighted by atomic mass is 16.7. The van der Waals surface area contributed by atoms with Gasteiger partial charge in [-0.05, 0) is 17.4 Å². The molecular formula is C26H39N3O7. The van der Waals surface area contributed by atoms with Gasteiger partial charge in [0.25, 0.3) is 0 Å². The van der Waals surface area contributed by atoms with E-state index in [4.69, 9.17) is 19.9 Å². The molecule has 0 spiro atoms. The van der Waals surface area contributed by atoms with Crippen LogP contribution >= 0.6 is 0 Å². The van der Waals surface area contributed by atoms with Crippen molar-refractivity contribution >= 4 is 23.7 Å². The molecule has 1 saturated heterocycles. The van der Waals surface area contributed by atoms with Crippen LogP contribution in [0.5, 0.6) is 0 Å². The second-order valence-electron chi connectivity index (χ2n) is 9.40. The molecule has 36 heavy (non-hydrogen) atoms. The topological polar surface area (TPSA) is 146 Å². The molecule has 200 valence electrons. The summed E-state index contributed by atoms with van der Waals surface area (Å²) in [5.74, 6) is -2.29. The van der Waals surface area contributed by atoms with Gasteiger partial charge in [-0.1, -0.05) is 58.0 Å². The third-order valence-corrected chi connectivity index (χ3v) is 6.58.